The van der Waals surface area contributed by atoms with E-state index >= 15 is 0 Å². The topological polar surface area (TPSA) is 46.3 Å². The normalized spacial score (nSPS) is 20.9. The first-order chi connectivity index (χ1) is 8.29. The van der Waals surface area contributed by atoms with Crippen LogP contribution >= 0.6 is 11.3 Å². The minimum absolute atomic E-state index is 0.287. The molecule has 94 valence electrons. The van der Waals surface area contributed by atoms with E-state index in [0.717, 1.165) is 37.5 Å². The van der Waals surface area contributed by atoms with Crippen LogP contribution in [0.5, 0.6) is 0 Å². The van der Waals surface area contributed by atoms with Crippen molar-refractivity contribution in [3.8, 4) is 0 Å². The summed E-state index contributed by atoms with van der Waals surface area (Å²) in [6, 6.07) is 3.84. The van der Waals surface area contributed by atoms with Crippen LogP contribution < -0.4 is 5.73 Å². The van der Waals surface area contributed by atoms with E-state index in [1.54, 1.807) is 0 Å². The van der Waals surface area contributed by atoms with Crippen LogP contribution in [0.4, 0.5) is 0 Å². The number of likely N-dealkylation sites (tertiary alicyclic amines) is 1. The first-order valence-electron chi connectivity index (χ1n) is 6.28. The van der Waals surface area contributed by atoms with Crippen LogP contribution in [0, 0.1) is 5.92 Å². The molecule has 1 aliphatic rings. The Morgan fingerprint density at radius 3 is 3.12 bits per heavy atom. The van der Waals surface area contributed by atoms with Gasteiger partial charge in [-0.1, -0.05) is 6.07 Å². The lowest BCUT2D eigenvalue weighted by molar-refractivity contribution is 0.0980. The maximum absolute atomic E-state index is 11.8. The molecule has 0 spiro atoms. The molecule has 0 bridgehead atoms. The quantitative estimate of drug-likeness (QED) is 0.788. The Kier molecular flexibility index (Phi) is 4.71. The third kappa shape index (κ3) is 3.63. The minimum Gasteiger partial charge on any atom is -0.330 e. The van der Waals surface area contributed by atoms with E-state index in [1.807, 2.05) is 17.5 Å². The van der Waals surface area contributed by atoms with Crippen molar-refractivity contribution in [1.29, 1.82) is 0 Å². The molecule has 0 radical (unpaired) electrons. The van der Waals surface area contributed by atoms with E-state index in [0.29, 0.717) is 12.3 Å². The van der Waals surface area contributed by atoms with Gasteiger partial charge >= 0.3 is 0 Å². The molecule has 17 heavy (non-hydrogen) atoms. The van der Waals surface area contributed by atoms with E-state index in [-0.39, 0.29) is 5.78 Å². The fourth-order valence-corrected chi connectivity index (χ4v) is 3.03. The van der Waals surface area contributed by atoms with Gasteiger partial charge in [-0.3, -0.25) is 4.79 Å². The van der Waals surface area contributed by atoms with Crippen molar-refractivity contribution >= 4 is 17.1 Å². The Morgan fingerprint density at radius 1 is 1.59 bits per heavy atom. The molecule has 1 fully saturated rings. The van der Waals surface area contributed by atoms with Gasteiger partial charge < -0.3 is 10.6 Å². The summed E-state index contributed by atoms with van der Waals surface area (Å²) in [5, 5.41) is 1.96. The molecule has 1 unspecified atom stereocenters. The number of thiophene rings is 1. The summed E-state index contributed by atoms with van der Waals surface area (Å²) in [7, 11) is 0. The standard InChI is InChI=1S/C13H20N2OS/c14-9-11-5-7-15(10-11)6-1-3-12(16)13-4-2-8-17-13/h2,4,8,11H,1,3,5-7,9-10,14H2. The predicted molar refractivity (Wildman–Crippen MR) is 71.5 cm³/mol. The second-order valence-electron chi connectivity index (χ2n) is 4.70. The van der Waals surface area contributed by atoms with Gasteiger partial charge in [0.15, 0.2) is 5.78 Å². The van der Waals surface area contributed by atoms with Crippen LogP contribution in [0.25, 0.3) is 0 Å². The molecule has 0 aliphatic carbocycles. The summed E-state index contributed by atoms with van der Waals surface area (Å²) < 4.78 is 0. The molecule has 1 atom stereocenters. The minimum atomic E-state index is 0.287. The Labute approximate surface area is 107 Å². The number of hydrogen-bond donors (Lipinski definition) is 1. The highest BCUT2D eigenvalue weighted by molar-refractivity contribution is 7.12. The summed E-state index contributed by atoms with van der Waals surface area (Å²) in [5.41, 5.74) is 5.66. The lowest BCUT2D eigenvalue weighted by Gasteiger charge is -2.14. The molecule has 1 aromatic heterocycles. The zero-order chi connectivity index (χ0) is 12.1. The Bertz CT molecular complexity index is 350. The molecule has 2 N–H and O–H groups in total. The fourth-order valence-electron chi connectivity index (χ4n) is 2.33. The van der Waals surface area contributed by atoms with Crippen LogP contribution in [0.15, 0.2) is 17.5 Å². The summed E-state index contributed by atoms with van der Waals surface area (Å²) in [6.07, 6.45) is 2.85. The lowest BCUT2D eigenvalue weighted by Crippen LogP contribution is -2.24. The summed E-state index contributed by atoms with van der Waals surface area (Å²) in [4.78, 5) is 15.1. The van der Waals surface area contributed by atoms with E-state index < -0.39 is 0 Å². The third-order valence-electron chi connectivity index (χ3n) is 3.38. The molecule has 1 saturated heterocycles. The molecule has 1 aliphatic heterocycles. The highest BCUT2D eigenvalue weighted by atomic mass is 32.1. The Hall–Kier alpha value is -0.710. The molecule has 1 aromatic rings. The maximum atomic E-state index is 11.8. The van der Waals surface area contributed by atoms with Gasteiger partial charge in [0.1, 0.15) is 0 Å². The summed E-state index contributed by atoms with van der Waals surface area (Å²) in [5.74, 6) is 0.956. The molecule has 3 nitrogen and oxygen atoms in total. The number of Topliss-reactive ketones (excluding diaryl/α,β-unsaturated/α-hetero) is 1. The fraction of sp³-hybridized carbons (Fsp3) is 0.615. The monoisotopic (exact) mass is 252 g/mol. The molecule has 2 heterocycles. The molecule has 0 amide bonds. The molecule has 2 rings (SSSR count). The number of ketones is 1. The molecular weight excluding hydrogens is 232 g/mol. The zero-order valence-corrected chi connectivity index (χ0v) is 10.9. The second kappa shape index (κ2) is 6.28. The predicted octanol–water partition coefficient (Wildman–Crippen LogP) is 1.99. The van der Waals surface area contributed by atoms with Crippen molar-refractivity contribution in [2.75, 3.05) is 26.2 Å². The van der Waals surface area contributed by atoms with Crippen molar-refractivity contribution in [3.63, 3.8) is 0 Å². The van der Waals surface area contributed by atoms with Crippen LogP contribution in [-0.2, 0) is 0 Å². The van der Waals surface area contributed by atoms with E-state index in [9.17, 15) is 4.79 Å². The van der Waals surface area contributed by atoms with Crippen LogP contribution in [0.2, 0.25) is 0 Å². The second-order valence-corrected chi connectivity index (χ2v) is 5.64. The van der Waals surface area contributed by atoms with Crippen LogP contribution in [0.1, 0.15) is 28.9 Å². The van der Waals surface area contributed by atoms with Gasteiger partial charge in [0.2, 0.25) is 0 Å². The SMILES string of the molecule is NCC1CCN(CCCC(=O)c2cccs2)C1. The Morgan fingerprint density at radius 2 is 2.47 bits per heavy atom. The van der Waals surface area contributed by atoms with Gasteiger partial charge in [0.05, 0.1) is 4.88 Å². The van der Waals surface area contributed by atoms with Gasteiger partial charge in [0.25, 0.3) is 0 Å². The van der Waals surface area contributed by atoms with Crippen molar-refractivity contribution in [2.24, 2.45) is 11.7 Å². The molecule has 4 heteroatoms. The average Bonchev–Trinajstić information content (AvgIpc) is 3.00. The van der Waals surface area contributed by atoms with E-state index in [4.69, 9.17) is 5.73 Å². The number of carbonyl (C=O) groups excluding carboxylic acids is 1. The van der Waals surface area contributed by atoms with Gasteiger partial charge in [-0.25, -0.2) is 0 Å². The molecule has 0 saturated carbocycles. The smallest absolute Gasteiger partial charge is 0.172 e. The zero-order valence-electron chi connectivity index (χ0n) is 10.1. The van der Waals surface area contributed by atoms with E-state index in [1.165, 1.54) is 17.8 Å². The molecular formula is C13H20N2OS. The van der Waals surface area contributed by atoms with Crippen molar-refractivity contribution < 1.29 is 4.79 Å². The van der Waals surface area contributed by atoms with E-state index in [2.05, 4.69) is 4.90 Å². The van der Waals surface area contributed by atoms with Crippen molar-refractivity contribution in [3.05, 3.63) is 22.4 Å². The number of nitrogens with two attached hydrogens (primary N) is 1. The first-order valence-corrected chi connectivity index (χ1v) is 7.16. The number of carbonyl (C=O) groups is 1. The summed E-state index contributed by atoms with van der Waals surface area (Å²) in [6.45, 7) is 4.09. The van der Waals surface area contributed by atoms with Gasteiger partial charge in [-0.2, -0.15) is 0 Å². The number of rotatable bonds is 6. The van der Waals surface area contributed by atoms with Crippen LogP contribution in [-0.4, -0.2) is 36.9 Å². The average molecular weight is 252 g/mol. The highest BCUT2D eigenvalue weighted by Crippen LogP contribution is 2.16. The van der Waals surface area contributed by atoms with Crippen LogP contribution in [0.3, 0.4) is 0 Å². The lowest BCUT2D eigenvalue weighted by atomic mass is 10.1. The van der Waals surface area contributed by atoms with Gasteiger partial charge in [0, 0.05) is 13.0 Å². The number of nitrogens with zero attached hydrogens (tertiary/aromatic N) is 1. The maximum Gasteiger partial charge on any atom is 0.172 e. The number of hydrogen-bond acceptors (Lipinski definition) is 4. The van der Waals surface area contributed by atoms with Gasteiger partial charge in [-0.15, -0.1) is 11.3 Å². The van der Waals surface area contributed by atoms with Crippen molar-refractivity contribution in [2.45, 2.75) is 19.3 Å². The Balaban J connectivity index is 1.65. The summed E-state index contributed by atoms with van der Waals surface area (Å²) >= 11 is 1.54. The highest BCUT2D eigenvalue weighted by Gasteiger charge is 2.20. The third-order valence-corrected chi connectivity index (χ3v) is 4.29. The first kappa shape index (κ1) is 12.7. The van der Waals surface area contributed by atoms with Gasteiger partial charge in [-0.05, 0) is 49.8 Å². The largest absolute Gasteiger partial charge is 0.330 e. The molecule has 0 aromatic carbocycles. The van der Waals surface area contributed by atoms with Crippen molar-refractivity contribution in [1.82, 2.24) is 4.90 Å².